The highest BCUT2D eigenvalue weighted by molar-refractivity contribution is 5.82. The van der Waals surface area contributed by atoms with Gasteiger partial charge in [-0.3, -0.25) is 4.79 Å². The Labute approximate surface area is 177 Å². The molecule has 0 bridgehead atoms. The number of halogens is 3. The topological polar surface area (TPSA) is 59.3 Å². The summed E-state index contributed by atoms with van der Waals surface area (Å²) >= 11 is 0. The molecule has 2 aliphatic rings. The number of allylic oxidation sites excluding steroid dienone is 2. The van der Waals surface area contributed by atoms with Gasteiger partial charge in [-0.05, 0) is 48.4 Å². The molecule has 2 fully saturated rings. The molecule has 7 heteroatoms. The van der Waals surface area contributed by atoms with E-state index in [1.165, 1.54) is 6.08 Å². The van der Waals surface area contributed by atoms with Crippen LogP contribution in [-0.4, -0.2) is 12.1 Å². The summed E-state index contributed by atoms with van der Waals surface area (Å²) in [5.74, 6) is -0.352. The Bertz CT molecular complexity index is 1070. The third-order valence-corrected chi connectivity index (χ3v) is 6.26. The van der Waals surface area contributed by atoms with E-state index in [1.807, 2.05) is 24.3 Å². The van der Waals surface area contributed by atoms with E-state index < -0.39 is 35.2 Å². The van der Waals surface area contributed by atoms with Crippen molar-refractivity contribution >= 4 is 5.97 Å². The number of rotatable bonds is 6. The summed E-state index contributed by atoms with van der Waals surface area (Å²) in [7, 11) is 0. The van der Waals surface area contributed by atoms with Gasteiger partial charge in [0.15, 0.2) is 0 Å². The van der Waals surface area contributed by atoms with Gasteiger partial charge in [0.1, 0.15) is 17.6 Å². The van der Waals surface area contributed by atoms with E-state index in [4.69, 9.17) is 9.47 Å². The zero-order valence-electron chi connectivity index (χ0n) is 16.9. The first-order chi connectivity index (χ1) is 14.7. The second kappa shape index (κ2) is 7.45. The molecule has 0 saturated heterocycles. The van der Waals surface area contributed by atoms with E-state index in [-0.39, 0.29) is 11.8 Å². The van der Waals surface area contributed by atoms with Crippen molar-refractivity contribution in [2.24, 2.45) is 23.2 Å². The maximum atomic E-state index is 12.7. The van der Waals surface area contributed by atoms with Crippen LogP contribution in [0.3, 0.4) is 0 Å². The largest absolute Gasteiger partial charge is 0.457 e. The van der Waals surface area contributed by atoms with Gasteiger partial charge >= 0.3 is 12.1 Å². The van der Waals surface area contributed by atoms with Crippen molar-refractivity contribution in [2.75, 3.05) is 0 Å². The Hall–Kier alpha value is -3.27. The van der Waals surface area contributed by atoms with Crippen LogP contribution in [0.5, 0.6) is 11.5 Å². The third kappa shape index (κ3) is 3.90. The molecule has 2 aliphatic carbocycles. The lowest BCUT2D eigenvalue weighted by molar-refractivity contribution is -0.151. The number of esters is 1. The number of nitrogens with zero attached hydrogens (tertiary/aromatic N) is 1. The maximum absolute atomic E-state index is 12.7. The number of para-hydroxylation sites is 1. The van der Waals surface area contributed by atoms with Crippen molar-refractivity contribution < 1.29 is 27.4 Å². The van der Waals surface area contributed by atoms with Gasteiger partial charge in [-0.1, -0.05) is 43.3 Å². The molecule has 0 radical (unpaired) electrons. The molecule has 0 heterocycles. The quantitative estimate of drug-likeness (QED) is 0.421. The molecule has 0 aromatic heterocycles. The molecule has 5 atom stereocenters. The summed E-state index contributed by atoms with van der Waals surface area (Å²) in [5.41, 5.74) is -0.696. The first-order valence-corrected chi connectivity index (χ1v) is 9.85. The van der Waals surface area contributed by atoms with Crippen molar-refractivity contribution in [3.63, 3.8) is 0 Å². The summed E-state index contributed by atoms with van der Waals surface area (Å²) < 4.78 is 49.3. The SMILES string of the molecule is C/C(=C\C1C2C(C(=O)OC(C#N)c3cccc(Oc4ccccc4)c3)C12C)C(F)(F)F. The fraction of sp³-hybridized carbons (Fsp3) is 0.333. The number of fused-ring (bicyclic) bond motifs is 1. The fourth-order valence-electron chi connectivity index (χ4n) is 4.24. The fourth-order valence-corrected chi connectivity index (χ4v) is 4.24. The number of alkyl halides is 3. The summed E-state index contributed by atoms with van der Waals surface area (Å²) in [4.78, 5) is 12.6. The lowest BCUT2D eigenvalue weighted by atomic mass is 9.95. The van der Waals surface area contributed by atoms with Crippen molar-refractivity contribution in [1.29, 1.82) is 5.26 Å². The van der Waals surface area contributed by atoms with Gasteiger partial charge in [-0.2, -0.15) is 18.4 Å². The second-order valence-electron chi connectivity index (χ2n) is 8.18. The molecular formula is C24H20F3NO3. The van der Waals surface area contributed by atoms with Gasteiger partial charge in [-0.15, -0.1) is 0 Å². The van der Waals surface area contributed by atoms with Crippen molar-refractivity contribution in [3.8, 4) is 17.6 Å². The molecule has 160 valence electrons. The monoisotopic (exact) mass is 427 g/mol. The van der Waals surface area contributed by atoms with Crippen LogP contribution in [0.25, 0.3) is 0 Å². The number of carbonyl (C=O) groups is 1. The van der Waals surface area contributed by atoms with Crippen molar-refractivity contribution in [2.45, 2.75) is 26.1 Å². The van der Waals surface area contributed by atoms with Crippen molar-refractivity contribution in [1.82, 2.24) is 0 Å². The molecule has 2 aromatic rings. The Morgan fingerprint density at radius 1 is 1.16 bits per heavy atom. The van der Waals surface area contributed by atoms with Gasteiger partial charge in [0.25, 0.3) is 0 Å². The molecule has 0 amide bonds. The van der Waals surface area contributed by atoms with Crippen LogP contribution in [-0.2, 0) is 9.53 Å². The highest BCUT2D eigenvalue weighted by Crippen LogP contribution is 2.84. The Kier molecular flexibility index (Phi) is 5.04. The number of carbonyl (C=O) groups excluding carboxylic acids is 1. The zero-order valence-corrected chi connectivity index (χ0v) is 16.9. The normalized spacial score (nSPS) is 27.5. The molecule has 0 spiro atoms. The summed E-state index contributed by atoms with van der Waals surface area (Å²) in [5, 5.41) is 9.51. The van der Waals surface area contributed by atoms with Crippen LogP contribution in [0.4, 0.5) is 13.2 Å². The number of hydrogen-bond acceptors (Lipinski definition) is 4. The molecule has 4 rings (SSSR count). The lowest BCUT2D eigenvalue weighted by Gasteiger charge is -2.17. The zero-order chi connectivity index (χ0) is 22.4. The van der Waals surface area contributed by atoms with Crippen LogP contribution in [0, 0.1) is 34.5 Å². The molecule has 0 aliphatic heterocycles. The van der Waals surface area contributed by atoms with E-state index in [1.54, 1.807) is 43.3 Å². The molecule has 4 nitrogen and oxygen atoms in total. The van der Waals surface area contributed by atoms with Gasteiger partial charge in [-0.25, -0.2) is 0 Å². The Balaban J connectivity index is 1.39. The van der Waals surface area contributed by atoms with E-state index >= 15 is 0 Å². The molecule has 5 unspecified atom stereocenters. The Morgan fingerprint density at radius 3 is 2.42 bits per heavy atom. The summed E-state index contributed by atoms with van der Waals surface area (Å²) in [6.07, 6.45) is -4.29. The average molecular weight is 427 g/mol. The lowest BCUT2D eigenvalue weighted by Crippen LogP contribution is -2.21. The van der Waals surface area contributed by atoms with Gasteiger partial charge < -0.3 is 9.47 Å². The number of ether oxygens (including phenoxy) is 2. The van der Waals surface area contributed by atoms with Crippen LogP contribution in [0.15, 0.2) is 66.2 Å². The van der Waals surface area contributed by atoms with Crippen LogP contribution >= 0.6 is 0 Å². The second-order valence-corrected chi connectivity index (χ2v) is 8.18. The predicted octanol–water partition coefficient (Wildman–Crippen LogP) is 5.98. The van der Waals surface area contributed by atoms with Gasteiger partial charge in [0.2, 0.25) is 6.10 Å². The Morgan fingerprint density at radius 2 is 1.81 bits per heavy atom. The number of benzene rings is 2. The van der Waals surface area contributed by atoms with E-state index in [2.05, 4.69) is 0 Å². The smallest absolute Gasteiger partial charge is 0.412 e. The van der Waals surface area contributed by atoms with Crippen LogP contribution in [0.1, 0.15) is 25.5 Å². The first-order valence-electron chi connectivity index (χ1n) is 9.85. The first kappa shape index (κ1) is 21.0. The maximum Gasteiger partial charge on any atom is 0.412 e. The van der Waals surface area contributed by atoms with E-state index in [0.717, 1.165) is 6.92 Å². The number of nitriles is 1. The van der Waals surface area contributed by atoms with Crippen molar-refractivity contribution in [3.05, 3.63) is 71.8 Å². The standard InChI is InChI=1S/C24H20F3NO3/c1-14(24(25,26)27)11-18-20-21(23(18,20)2)22(29)31-19(13-28)15-7-6-10-17(12-15)30-16-8-4-3-5-9-16/h3-12,18-21H,1-2H3/b14-11+. The van der Waals surface area contributed by atoms with Gasteiger partial charge in [0.05, 0.1) is 5.92 Å². The summed E-state index contributed by atoms with van der Waals surface area (Å²) in [6, 6.07) is 17.8. The minimum atomic E-state index is -4.36. The van der Waals surface area contributed by atoms with Crippen LogP contribution < -0.4 is 4.74 Å². The molecule has 2 saturated carbocycles. The molecule has 0 N–H and O–H groups in total. The number of hydrogen-bond donors (Lipinski definition) is 0. The molecular weight excluding hydrogens is 407 g/mol. The summed E-state index contributed by atoms with van der Waals surface area (Å²) in [6.45, 7) is 2.81. The van der Waals surface area contributed by atoms with E-state index in [0.29, 0.717) is 17.1 Å². The highest BCUT2D eigenvalue weighted by Gasteiger charge is 2.85. The molecule has 31 heavy (non-hydrogen) atoms. The predicted molar refractivity (Wildman–Crippen MR) is 106 cm³/mol. The minimum Gasteiger partial charge on any atom is -0.457 e. The molecule has 2 aromatic carbocycles. The average Bonchev–Trinajstić information content (AvgIpc) is 3.55. The van der Waals surface area contributed by atoms with Crippen LogP contribution in [0.2, 0.25) is 0 Å². The van der Waals surface area contributed by atoms with E-state index in [9.17, 15) is 23.2 Å². The minimum absolute atomic E-state index is 0.163. The van der Waals surface area contributed by atoms with Gasteiger partial charge in [0, 0.05) is 11.1 Å². The third-order valence-electron chi connectivity index (χ3n) is 6.26. The highest BCUT2D eigenvalue weighted by atomic mass is 19.4.